The third kappa shape index (κ3) is 3.43. The van der Waals surface area contributed by atoms with Crippen molar-refractivity contribution in [3.8, 4) is 5.75 Å². The van der Waals surface area contributed by atoms with Crippen LogP contribution in [0, 0.1) is 0 Å². The van der Waals surface area contributed by atoms with Gasteiger partial charge in [-0.3, -0.25) is 0 Å². The minimum absolute atomic E-state index is 0.0619. The van der Waals surface area contributed by atoms with Crippen molar-refractivity contribution in [3.63, 3.8) is 0 Å². The molecule has 0 bridgehead atoms. The Balaban J connectivity index is 2.53. The standard InChI is InChI=1S/C13H20N2O5S2/c1-20-12-6-5-11(21(2,16)17)8-13(12)22(18,19)15-7-3-4-10(14)9-15/h5-6,8,10H,3-4,7,9,14H2,1-2H3/t10-/m1/s1. The van der Waals surface area contributed by atoms with E-state index in [9.17, 15) is 16.8 Å². The SMILES string of the molecule is COc1ccc(S(C)(=O)=O)cc1S(=O)(=O)N1CCC[C@@H](N)C1. The van der Waals surface area contributed by atoms with Gasteiger partial charge >= 0.3 is 0 Å². The predicted molar refractivity (Wildman–Crippen MR) is 82.1 cm³/mol. The lowest BCUT2D eigenvalue weighted by atomic mass is 10.1. The molecule has 7 nitrogen and oxygen atoms in total. The van der Waals surface area contributed by atoms with Gasteiger partial charge in [-0.2, -0.15) is 4.31 Å². The summed E-state index contributed by atoms with van der Waals surface area (Å²) in [5.74, 6) is 0.117. The molecule has 2 rings (SSSR count). The molecular weight excluding hydrogens is 328 g/mol. The number of hydrogen-bond donors (Lipinski definition) is 1. The highest BCUT2D eigenvalue weighted by atomic mass is 32.2. The van der Waals surface area contributed by atoms with Crippen molar-refractivity contribution >= 4 is 19.9 Å². The number of nitrogens with zero attached hydrogens (tertiary/aromatic N) is 1. The van der Waals surface area contributed by atoms with E-state index in [2.05, 4.69) is 0 Å². The highest BCUT2D eigenvalue weighted by Crippen LogP contribution is 2.30. The Morgan fingerprint density at radius 3 is 2.50 bits per heavy atom. The molecule has 1 fully saturated rings. The molecule has 1 aromatic carbocycles. The van der Waals surface area contributed by atoms with E-state index in [0.29, 0.717) is 13.0 Å². The third-order valence-corrected chi connectivity index (χ3v) is 6.60. The van der Waals surface area contributed by atoms with Crippen LogP contribution in [0.3, 0.4) is 0 Å². The number of rotatable bonds is 4. The summed E-state index contributed by atoms with van der Waals surface area (Å²) in [6, 6.07) is 3.61. The van der Waals surface area contributed by atoms with E-state index >= 15 is 0 Å². The zero-order valence-electron chi connectivity index (χ0n) is 12.5. The normalized spacial score (nSPS) is 20.8. The second-order valence-corrected chi connectivity index (χ2v) is 9.27. The van der Waals surface area contributed by atoms with Crippen LogP contribution in [0.5, 0.6) is 5.75 Å². The number of sulfone groups is 1. The molecule has 0 saturated carbocycles. The maximum atomic E-state index is 12.8. The Hall–Kier alpha value is -1.16. The molecule has 22 heavy (non-hydrogen) atoms. The Labute approximate surface area is 131 Å². The average molecular weight is 348 g/mol. The summed E-state index contributed by atoms with van der Waals surface area (Å²) in [5.41, 5.74) is 5.84. The van der Waals surface area contributed by atoms with Gasteiger partial charge in [0, 0.05) is 25.4 Å². The van der Waals surface area contributed by atoms with Gasteiger partial charge in [-0.15, -0.1) is 0 Å². The van der Waals surface area contributed by atoms with E-state index in [0.717, 1.165) is 18.7 Å². The highest BCUT2D eigenvalue weighted by molar-refractivity contribution is 7.91. The molecule has 2 N–H and O–H groups in total. The van der Waals surface area contributed by atoms with Crippen molar-refractivity contribution in [1.29, 1.82) is 0 Å². The minimum Gasteiger partial charge on any atom is -0.495 e. The maximum Gasteiger partial charge on any atom is 0.246 e. The molecule has 0 amide bonds. The van der Waals surface area contributed by atoms with Crippen molar-refractivity contribution in [2.24, 2.45) is 5.73 Å². The molecule has 0 aromatic heterocycles. The molecule has 0 spiro atoms. The summed E-state index contributed by atoms with van der Waals surface area (Å²) < 4.78 is 55.3. The first-order valence-electron chi connectivity index (χ1n) is 6.80. The fraction of sp³-hybridized carbons (Fsp3) is 0.538. The quantitative estimate of drug-likeness (QED) is 0.833. The van der Waals surface area contributed by atoms with Crippen LogP contribution in [0.4, 0.5) is 0 Å². The van der Waals surface area contributed by atoms with Crippen LogP contribution in [0.25, 0.3) is 0 Å². The van der Waals surface area contributed by atoms with Crippen LogP contribution < -0.4 is 10.5 Å². The number of nitrogens with two attached hydrogens (primary N) is 1. The number of benzene rings is 1. The molecule has 1 aromatic rings. The Kier molecular flexibility index (Phi) is 4.81. The van der Waals surface area contributed by atoms with Gasteiger partial charge in [0.05, 0.1) is 12.0 Å². The van der Waals surface area contributed by atoms with Gasteiger partial charge in [-0.25, -0.2) is 16.8 Å². The van der Waals surface area contributed by atoms with E-state index in [1.165, 1.54) is 23.5 Å². The predicted octanol–water partition coefficient (Wildman–Crippen LogP) is 0.211. The van der Waals surface area contributed by atoms with Crippen LogP contribution in [0.1, 0.15) is 12.8 Å². The number of hydrogen-bond acceptors (Lipinski definition) is 6. The van der Waals surface area contributed by atoms with Crippen LogP contribution in [-0.2, 0) is 19.9 Å². The summed E-state index contributed by atoms with van der Waals surface area (Å²) in [5, 5.41) is 0. The van der Waals surface area contributed by atoms with Crippen LogP contribution >= 0.6 is 0 Å². The molecule has 1 aliphatic heterocycles. The number of methoxy groups -OCH3 is 1. The molecule has 1 heterocycles. The van der Waals surface area contributed by atoms with Crippen LogP contribution in [0.15, 0.2) is 28.0 Å². The molecule has 0 unspecified atom stereocenters. The van der Waals surface area contributed by atoms with Gasteiger partial charge in [0.25, 0.3) is 0 Å². The first-order valence-corrected chi connectivity index (χ1v) is 10.1. The summed E-state index contributed by atoms with van der Waals surface area (Å²) >= 11 is 0. The second-order valence-electron chi connectivity index (χ2n) is 5.35. The van der Waals surface area contributed by atoms with Gasteiger partial charge < -0.3 is 10.5 Å². The largest absolute Gasteiger partial charge is 0.495 e. The Morgan fingerprint density at radius 1 is 1.27 bits per heavy atom. The molecule has 9 heteroatoms. The van der Waals surface area contributed by atoms with Crippen molar-refractivity contribution in [3.05, 3.63) is 18.2 Å². The first kappa shape index (κ1) is 17.2. The molecule has 0 radical (unpaired) electrons. The van der Waals surface area contributed by atoms with E-state index in [1.807, 2.05) is 0 Å². The zero-order chi connectivity index (χ0) is 16.5. The number of sulfonamides is 1. The lowest BCUT2D eigenvalue weighted by Crippen LogP contribution is -2.45. The monoisotopic (exact) mass is 348 g/mol. The number of ether oxygens (including phenoxy) is 1. The lowest BCUT2D eigenvalue weighted by Gasteiger charge is -2.30. The maximum absolute atomic E-state index is 12.8. The van der Waals surface area contributed by atoms with E-state index < -0.39 is 19.9 Å². The van der Waals surface area contributed by atoms with Crippen molar-refractivity contribution < 1.29 is 21.6 Å². The Bertz CT molecular complexity index is 759. The van der Waals surface area contributed by atoms with Crippen molar-refractivity contribution in [2.75, 3.05) is 26.5 Å². The summed E-state index contributed by atoms with van der Waals surface area (Å²) in [6.07, 6.45) is 2.48. The fourth-order valence-corrected chi connectivity index (χ4v) is 4.86. The van der Waals surface area contributed by atoms with E-state index in [4.69, 9.17) is 10.5 Å². The first-order chi connectivity index (χ1) is 10.2. The molecule has 1 aliphatic rings. The fourth-order valence-electron chi connectivity index (χ4n) is 2.42. The second kappa shape index (κ2) is 6.15. The molecular formula is C13H20N2O5S2. The minimum atomic E-state index is -3.86. The van der Waals surface area contributed by atoms with Crippen molar-refractivity contribution in [1.82, 2.24) is 4.31 Å². The van der Waals surface area contributed by atoms with E-state index in [-0.39, 0.29) is 28.1 Å². The van der Waals surface area contributed by atoms with Gasteiger partial charge in [0.2, 0.25) is 10.0 Å². The topological polar surface area (TPSA) is 107 Å². The van der Waals surface area contributed by atoms with E-state index in [1.54, 1.807) is 0 Å². The van der Waals surface area contributed by atoms with Crippen LogP contribution in [0.2, 0.25) is 0 Å². The number of piperidine rings is 1. The summed E-state index contributed by atoms with van der Waals surface area (Å²) in [7, 11) is -6.03. The average Bonchev–Trinajstić information content (AvgIpc) is 2.45. The van der Waals surface area contributed by atoms with Gasteiger partial charge in [0.15, 0.2) is 9.84 Å². The molecule has 124 valence electrons. The summed E-state index contributed by atoms with van der Waals surface area (Å²) in [6.45, 7) is 0.580. The lowest BCUT2D eigenvalue weighted by molar-refractivity contribution is 0.314. The smallest absolute Gasteiger partial charge is 0.246 e. The summed E-state index contributed by atoms with van der Waals surface area (Å²) in [4.78, 5) is -0.208. The van der Waals surface area contributed by atoms with Crippen LogP contribution in [-0.4, -0.2) is 53.6 Å². The van der Waals surface area contributed by atoms with Gasteiger partial charge in [-0.1, -0.05) is 0 Å². The molecule has 0 aliphatic carbocycles. The molecule has 1 atom stereocenters. The van der Waals surface area contributed by atoms with Crippen molar-refractivity contribution in [2.45, 2.75) is 28.7 Å². The highest BCUT2D eigenvalue weighted by Gasteiger charge is 2.32. The third-order valence-electron chi connectivity index (χ3n) is 3.60. The Morgan fingerprint density at radius 2 is 1.95 bits per heavy atom. The van der Waals surface area contributed by atoms with Gasteiger partial charge in [0.1, 0.15) is 10.6 Å². The zero-order valence-corrected chi connectivity index (χ0v) is 14.2. The van der Waals surface area contributed by atoms with Gasteiger partial charge in [-0.05, 0) is 31.0 Å². The molecule has 1 saturated heterocycles.